The number of guanidine groups is 1. The Morgan fingerprint density at radius 1 is 1.16 bits per heavy atom. The molecule has 8 heteroatoms. The third-order valence-electron chi connectivity index (χ3n) is 5.38. The van der Waals surface area contributed by atoms with E-state index in [0.717, 1.165) is 12.3 Å². The standard InChI is InChI=1S/C23H26ClN5O2/c1-26-23(25)28-22(30)21-13-18-19(24)11-17(12-20(18)27-21)31-16-7-5-15(6-8-16)14-29-9-3-2-4-10-29/h5-8,11-13,27H,2-4,9-10,14H2,1H3,(H3,25,26,28,30). The fourth-order valence-electron chi connectivity index (χ4n) is 3.74. The van der Waals surface area contributed by atoms with Crippen LogP contribution in [0.5, 0.6) is 11.5 Å². The van der Waals surface area contributed by atoms with E-state index in [-0.39, 0.29) is 5.96 Å². The Morgan fingerprint density at radius 3 is 2.61 bits per heavy atom. The van der Waals surface area contributed by atoms with Gasteiger partial charge in [-0.3, -0.25) is 9.69 Å². The number of aromatic amines is 1. The number of aromatic nitrogens is 1. The van der Waals surface area contributed by atoms with Crippen molar-refractivity contribution in [1.29, 1.82) is 0 Å². The molecular formula is C23H26ClN5O2. The monoisotopic (exact) mass is 439 g/mol. The van der Waals surface area contributed by atoms with Crippen LogP contribution >= 0.6 is 11.6 Å². The summed E-state index contributed by atoms with van der Waals surface area (Å²) in [6.07, 6.45) is 3.90. The third-order valence-corrected chi connectivity index (χ3v) is 5.70. The molecule has 1 aliphatic heterocycles. The van der Waals surface area contributed by atoms with E-state index < -0.39 is 5.91 Å². The van der Waals surface area contributed by atoms with Crippen LogP contribution in [0.15, 0.2) is 47.5 Å². The first-order valence-electron chi connectivity index (χ1n) is 10.4. The summed E-state index contributed by atoms with van der Waals surface area (Å²) in [6, 6.07) is 13.3. The van der Waals surface area contributed by atoms with Gasteiger partial charge in [0.05, 0.1) is 10.5 Å². The lowest BCUT2D eigenvalue weighted by Gasteiger charge is -2.26. The molecule has 2 aromatic carbocycles. The molecule has 0 radical (unpaired) electrons. The maximum Gasteiger partial charge on any atom is 0.296 e. The topological polar surface area (TPSA) is 95.7 Å². The molecule has 1 amide bonds. The minimum absolute atomic E-state index is 0.0440. The van der Waals surface area contributed by atoms with Crippen LogP contribution in [0.3, 0.4) is 0 Å². The molecule has 0 bridgehead atoms. The summed E-state index contributed by atoms with van der Waals surface area (Å²) in [4.78, 5) is 21.5. The molecule has 162 valence electrons. The number of carbonyl (C=O) groups is 1. The largest absolute Gasteiger partial charge is 0.457 e. The Labute approximate surface area is 186 Å². The highest BCUT2D eigenvalue weighted by molar-refractivity contribution is 6.35. The predicted octanol–water partition coefficient (Wildman–Crippen LogP) is 4.27. The van der Waals surface area contributed by atoms with E-state index in [9.17, 15) is 4.79 Å². The van der Waals surface area contributed by atoms with Crippen molar-refractivity contribution in [3.8, 4) is 11.5 Å². The lowest BCUT2D eigenvalue weighted by Crippen LogP contribution is -2.28. The second-order valence-electron chi connectivity index (χ2n) is 7.68. The second kappa shape index (κ2) is 9.41. The van der Waals surface area contributed by atoms with E-state index in [1.54, 1.807) is 19.2 Å². The van der Waals surface area contributed by atoms with Gasteiger partial charge in [0.25, 0.3) is 5.91 Å². The summed E-state index contributed by atoms with van der Waals surface area (Å²) in [5.74, 6) is 0.876. The van der Waals surface area contributed by atoms with E-state index in [1.165, 1.54) is 37.9 Å². The Balaban J connectivity index is 1.48. The third kappa shape index (κ3) is 5.18. The average molecular weight is 440 g/mol. The number of carbonyl (C=O) groups excluding carboxylic acids is 1. The number of H-pyrrole nitrogens is 1. The fraction of sp³-hybridized carbons (Fsp3) is 0.304. The van der Waals surface area contributed by atoms with Gasteiger partial charge in [-0.15, -0.1) is 0 Å². The maximum atomic E-state index is 12.2. The van der Waals surface area contributed by atoms with Gasteiger partial charge in [0.15, 0.2) is 5.96 Å². The molecule has 7 nitrogen and oxygen atoms in total. The van der Waals surface area contributed by atoms with Gasteiger partial charge in [-0.25, -0.2) is 0 Å². The molecule has 4 rings (SSSR count). The first-order valence-corrected chi connectivity index (χ1v) is 10.8. The predicted molar refractivity (Wildman–Crippen MR) is 124 cm³/mol. The van der Waals surface area contributed by atoms with E-state index in [1.807, 2.05) is 18.2 Å². The number of nitrogens with one attached hydrogen (secondary N) is 2. The van der Waals surface area contributed by atoms with Crippen LogP contribution < -0.4 is 15.8 Å². The van der Waals surface area contributed by atoms with Crippen LogP contribution in [0.2, 0.25) is 5.02 Å². The highest BCUT2D eigenvalue weighted by atomic mass is 35.5. The smallest absolute Gasteiger partial charge is 0.296 e. The minimum atomic E-state index is -0.481. The number of piperidine rings is 1. The summed E-state index contributed by atoms with van der Waals surface area (Å²) in [6.45, 7) is 3.31. The highest BCUT2D eigenvalue weighted by Gasteiger charge is 2.14. The second-order valence-corrected chi connectivity index (χ2v) is 8.09. The average Bonchev–Trinajstić information content (AvgIpc) is 3.21. The van der Waals surface area contributed by atoms with Crippen molar-refractivity contribution in [1.82, 2.24) is 15.2 Å². The van der Waals surface area contributed by atoms with Crippen molar-refractivity contribution in [2.75, 3.05) is 20.1 Å². The van der Waals surface area contributed by atoms with E-state index in [2.05, 4.69) is 32.3 Å². The van der Waals surface area contributed by atoms with Crippen molar-refractivity contribution >= 4 is 34.4 Å². The molecule has 0 saturated carbocycles. The van der Waals surface area contributed by atoms with Gasteiger partial charge in [-0.2, -0.15) is 4.99 Å². The van der Waals surface area contributed by atoms with Crippen LogP contribution in [0.25, 0.3) is 10.9 Å². The number of hydrogen-bond acceptors (Lipinski definition) is 3. The number of likely N-dealkylation sites (tertiary alicyclic amines) is 1. The first kappa shape index (κ1) is 21.2. The normalized spacial score (nSPS) is 15.2. The van der Waals surface area contributed by atoms with Gasteiger partial charge in [0.2, 0.25) is 0 Å². The van der Waals surface area contributed by atoms with Gasteiger partial charge >= 0.3 is 0 Å². The fourth-order valence-corrected chi connectivity index (χ4v) is 4.01. The zero-order valence-electron chi connectivity index (χ0n) is 17.5. The minimum Gasteiger partial charge on any atom is -0.457 e. The number of halogens is 1. The SMILES string of the molecule is CNC(N)=NC(=O)c1cc2c(Cl)cc(Oc3ccc(CN4CCCCC4)cc3)cc2[nH]1. The van der Waals surface area contributed by atoms with Crippen LogP contribution in [0, 0.1) is 0 Å². The zero-order valence-corrected chi connectivity index (χ0v) is 18.2. The molecule has 0 atom stereocenters. The molecule has 3 aromatic rings. The van der Waals surface area contributed by atoms with Crippen LogP contribution in [-0.4, -0.2) is 41.9 Å². The summed E-state index contributed by atoms with van der Waals surface area (Å²) < 4.78 is 6.00. The van der Waals surface area contributed by atoms with Gasteiger partial charge in [-0.1, -0.05) is 30.2 Å². The highest BCUT2D eigenvalue weighted by Crippen LogP contribution is 2.32. The Hall–Kier alpha value is -3.03. The van der Waals surface area contributed by atoms with Gasteiger partial charge in [-0.05, 0) is 49.7 Å². The first-order chi connectivity index (χ1) is 15.0. The number of benzene rings is 2. The Morgan fingerprint density at radius 2 is 1.90 bits per heavy atom. The number of fused-ring (bicyclic) bond motifs is 1. The summed E-state index contributed by atoms with van der Waals surface area (Å²) in [5, 5.41) is 3.81. The quantitative estimate of drug-likeness (QED) is 0.407. The van der Waals surface area contributed by atoms with Gasteiger partial charge in [0, 0.05) is 31.1 Å². The number of rotatable bonds is 5. The molecule has 0 spiro atoms. The van der Waals surface area contributed by atoms with Crippen LogP contribution in [0.4, 0.5) is 0 Å². The maximum absolute atomic E-state index is 12.2. The molecule has 1 saturated heterocycles. The molecular weight excluding hydrogens is 414 g/mol. The Kier molecular flexibility index (Phi) is 6.44. The van der Waals surface area contributed by atoms with E-state index in [4.69, 9.17) is 22.1 Å². The summed E-state index contributed by atoms with van der Waals surface area (Å²) >= 11 is 6.42. The van der Waals surface area contributed by atoms with Crippen LogP contribution in [0.1, 0.15) is 35.3 Å². The molecule has 2 heterocycles. The Bertz CT molecular complexity index is 1100. The van der Waals surface area contributed by atoms with E-state index in [0.29, 0.717) is 27.4 Å². The van der Waals surface area contributed by atoms with Crippen molar-refractivity contribution in [3.05, 3.63) is 58.7 Å². The molecule has 1 fully saturated rings. The molecule has 4 N–H and O–H groups in total. The molecule has 1 aromatic heterocycles. The van der Waals surface area contributed by atoms with Crippen molar-refractivity contribution < 1.29 is 9.53 Å². The lowest BCUT2D eigenvalue weighted by molar-refractivity contribution is 0.0998. The van der Waals surface area contributed by atoms with Crippen LogP contribution in [-0.2, 0) is 6.54 Å². The van der Waals surface area contributed by atoms with Crippen molar-refractivity contribution in [2.45, 2.75) is 25.8 Å². The lowest BCUT2D eigenvalue weighted by atomic mass is 10.1. The molecule has 0 unspecified atom stereocenters. The molecule has 0 aliphatic carbocycles. The summed E-state index contributed by atoms with van der Waals surface area (Å²) in [5.41, 5.74) is 7.82. The molecule has 1 aliphatic rings. The van der Waals surface area contributed by atoms with Crippen molar-refractivity contribution in [2.24, 2.45) is 10.7 Å². The number of amides is 1. The molecule has 31 heavy (non-hydrogen) atoms. The number of aliphatic imine (C=N–C) groups is 1. The zero-order chi connectivity index (χ0) is 21.8. The van der Waals surface area contributed by atoms with Crippen molar-refractivity contribution in [3.63, 3.8) is 0 Å². The number of ether oxygens (including phenoxy) is 1. The van der Waals surface area contributed by atoms with E-state index >= 15 is 0 Å². The van der Waals surface area contributed by atoms with Gasteiger partial charge < -0.3 is 20.8 Å². The summed E-state index contributed by atoms with van der Waals surface area (Å²) in [7, 11) is 1.60. The number of nitrogens with zero attached hydrogens (tertiary/aromatic N) is 2. The number of nitrogens with two attached hydrogens (primary N) is 1. The number of hydrogen-bond donors (Lipinski definition) is 3. The van der Waals surface area contributed by atoms with Gasteiger partial charge in [0.1, 0.15) is 17.2 Å².